The maximum Gasteiger partial charge on any atom is 0.339 e. The van der Waals surface area contributed by atoms with Crippen LogP contribution in [0.3, 0.4) is 0 Å². The number of carboxylic acid groups (broad SMARTS) is 1. The van der Waals surface area contributed by atoms with Crippen LogP contribution in [-0.4, -0.2) is 47.7 Å². The summed E-state index contributed by atoms with van der Waals surface area (Å²) in [6, 6.07) is 7.56. The molecule has 2 unspecified atom stereocenters. The van der Waals surface area contributed by atoms with E-state index in [1.54, 1.807) is 30.3 Å². The highest BCUT2D eigenvalue weighted by atomic mass is 32.2. The Hall–Kier alpha value is -2.74. The number of Topliss-reactive ketones (excluding diaryl/α,β-unsaturated/α-hetero) is 2. The number of hydrogen-bond acceptors (Lipinski definition) is 5. The van der Waals surface area contributed by atoms with Crippen LogP contribution in [0, 0.1) is 5.92 Å². The molecule has 0 saturated heterocycles. The molecular formula is C16H13NO6S. The molecule has 1 aliphatic heterocycles. The summed E-state index contributed by atoms with van der Waals surface area (Å²) in [7, 11) is -3.75. The normalized spacial score (nSPS) is 23.6. The van der Waals surface area contributed by atoms with Gasteiger partial charge in [0, 0.05) is 6.20 Å². The number of rotatable bonds is 3. The van der Waals surface area contributed by atoms with Crippen LogP contribution < -0.4 is 0 Å². The molecule has 0 radical (unpaired) electrons. The smallest absolute Gasteiger partial charge is 0.339 e. The summed E-state index contributed by atoms with van der Waals surface area (Å²) in [4.78, 5) is 35.7. The van der Waals surface area contributed by atoms with E-state index in [4.69, 9.17) is 5.11 Å². The second kappa shape index (κ2) is 5.41. The van der Waals surface area contributed by atoms with Crippen LogP contribution in [0.2, 0.25) is 0 Å². The lowest BCUT2D eigenvalue weighted by Crippen LogP contribution is -2.45. The van der Waals surface area contributed by atoms with Gasteiger partial charge in [-0.3, -0.25) is 13.9 Å². The van der Waals surface area contributed by atoms with Crippen molar-refractivity contribution < 1.29 is 27.9 Å². The fourth-order valence-corrected chi connectivity index (χ4v) is 3.92. The number of hydrogen-bond donors (Lipinski definition) is 1. The minimum atomic E-state index is -3.75. The molecule has 0 aromatic heterocycles. The molecular weight excluding hydrogens is 334 g/mol. The maximum absolute atomic E-state index is 12.5. The molecule has 8 heteroatoms. The number of carbonyl (C=O) groups is 3. The molecule has 0 fully saturated rings. The predicted octanol–water partition coefficient (Wildman–Crippen LogP) is 0.450. The second-order valence-corrected chi connectivity index (χ2v) is 7.48. The summed E-state index contributed by atoms with van der Waals surface area (Å²) in [6.07, 6.45) is 3.31. The van der Waals surface area contributed by atoms with Crippen molar-refractivity contribution in [2.24, 2.45) is 5.92 Å². The van der Waals surface area contributed by atoms with E-state index < -0.39 is 45.1 Å². The third-order valence-electron chi connectivity index (χ3n) is 4.05. The first-order valence-corrected chi connectivity index (χ1v) is 8.86. The molecule has 2 aliphatic rings. The Morgan fingerprint density at radius 3 is 2.33 bits per heavy atom. The minimum Gasteiger partial charge on any atom is -0.478 e. The summed E-state index contributed by atoms with van der Waals surface area (Å²) in [5, 5.41) is 9.09. The molecule has 2 atom stereocenters. The van der Waals surface area contributed by atoms with Crippen LogP contribution >= 0.6 is 0 Å². The zero-order valence-corrected chi connectivity index (χ0v) is 13.4. The van der Waals surface area contributed by atoms with Gasteiger partial charge in [0.2, 0.25) is 21.6 Å². The highest BCUT2D eigenvalue weighted by Crippen LogP contribution is 2.41. The van der Waals surface area contributed by atoms with Gasteiger partial charge in [-0.2, -0.15) is 0 Å². The van der Waals surface area contributed by atoms with E-state index in [1.807, 2.05) is 0 Å². The number of carbonyl (C=O) groups excluding carboxylic acids is 2. The molecule has 124 valence electrons. The monoisotopic (exact) mass is 347 g/mol. The van der Waals surface area contributed by atoms with Gasteiger partial charge in [0.1, 0.15) is 5.57 Å². The lowest BCUT2D eigenvalue weighted by atomic mass is 9.79. The SMILES string of the molecule is CS(=O)(=O)N1C=C(c2ccccc2)C2C(=O)C(=O)C(C(=O)O)=CC21. The number of fused-ring (bicyclic) bond motifs is 1. The number of aliphatic carboxylic acids is 1. The fourth-order valence-electron chi connectivity index (χ4n) is 2.99. The molecule has 1 aromatic carbocycles. The topological polar surface area (TPSA) is 109 Å². The molecule has 1 aromatic rings. The molecule has 0 saturated carbocycles. The summed E-state index contributed by atoms with van der Waals surface area (Å²) < 4.78 is 25.0. The Kier molecular flexibility index (Phi) is 3.64. The summed E-state index contributed by atoms with van der Waals surface area (Å²) in [6.45, 7) is 0. The van der Waals surface area contributed by atoms with E-state index in [9.17, 15) is 22.8 Å². The van der Waals surface area contributed by atoms with Crippen LogP contribution in [0.1, 0.15) is 5.56 Å². The molecule has 0 spiro atoms. The van der Waals surface area contributed by atoms with Gasteiger partial charge in [-0.25, -0.2) is 13.2 Å². The first kappa shape index (κ1) is 16.1. The molecule has 1 heterocycles. The summed E-state index contributed by atoms with van der Waals surface area (Å²) >= 11 is 0. The van der Waals surface area contributed by atoms with Crippen LogP contribution in [0.25, 0.3) is 5.57 Å². The van der Waals surface area contributed by atoms with E-state index in [0.717, 1.165) is 16.6 Å². The average Bonchev–Trinajstić information content (AvgIpc) is 2.91. The third-order valence-corrected chi connectivity index (χ3v) is 5.16. The van der Waals surface area contributed by atoms with Crippen molar-refractivity contribution in [3.05, 3.63) is 53.7 Å². The van der Waals surface area contributed by atoms with E-state index in [0.29, 0.717) is 11.1 Å². The lowest BCUT2D eigenvalue weighted by molar-refractivity contribution is -0.141. The Labute approximate surface area is 137 Å². The summed E-state index contributed by atoms with van der Waals surface area (Å²) in [5.74, 6) is -4.62. The van der Waals surface area contributed by atoms with Gasteiger partial charge in [-0.05, 0) is 17.2 Å². The van der Waals surface area contributed by atoms with Gasteiger partial charge in [0.15, 0.2) is 0 Å². The first-order chi connectivity index (χ1) is 11.2. The van der Waals surface area contributed by atoms with Crippen molar-refractivity contribution >= 4 is 33.1 Å². The molecule has 0 bridgehead atoms. The van der Waals surface area contributed by atoms with Crippen molar-refractivity contribution in [2.45, 2.75) is 6.04 Å². The van der Waals surface area contributed by atoms with Gasteiger partial charge in [0.25, 0.3) is 0 Å². The maximum atomic E-state index is 12.5. The van der Waals surface area contributed by atoms with Crippen molar-refractivity contribution in [3.63, 3.8) is 0 Å². The van der Waals surface area contributed by atoms with E-state index >= 15 is 0 Å². The second-order valence-electron chi connectivity index (χ2n) is 5.59. The first-order valence-electron chi connectivity index (χ1n) is 7.01. The number of nitrogens with zero attached hydrogens (tertiary/aromatic N) is 1. The van der Waals surface area contributed by atoms with Gasteiger partial charge in [-0.1, -0.05) is 30.3 Å². The third kappa shape index (κ3) is 2.44. The minimum absolute atomic E-state index is 0.380. The standard InChI is InChI=1S/C16H13NO6S/c1-24(22,23)17-8-11(9-5-3-2-4-6-9)13-12(17)7-10(16(20)21)14(18)15(13)19/h2-8,12-13H,1H3,(H,20,21). The van der Waals surface area contributed by atoms with Crippen molar-refractivity contribution in [3.8, 4) is 0 Å². The van der Waals surface area contributed by atoms with Gasteiger partial charge in [0.05, 0.1) is 18.2 Å². The number of ketones is 2. The fraction of sp³-hybridized carbons (Fsp3) is 0.188. The molecule has 7 nitrogen and oxygen atoms in total. The molecule has 0 amide bonds. The summed E-state index contributed by atoms with van der Waals surface area (Å²) in [5.41, 5.74) is 0.287. The Bertz CT molecular complexity index is 913. The number of sulfonamides is 1. The zero-order chi connectivity index (χ0) is 17.6. The van der Waals surface area contributed by atoms with Gasteiger partial charge < -0.3 is 5.11 Å². The van der Waals surface area contributed by atoms with E-state index in [-0.39, 0.29) is 0 Å². The number of benzene rings is 1. The lowest BCUT2D eigenvalue weighted by Gasteiger charge is -2.28. The van der Waals surface area contributed by atoms with Gasteiger partial charge in [-0.15, -0.1) is 0 Å². The van der Waals surface area contributed by atoms with Gasteiger partial charge >= 0.3 is 5.97 Å². The molecule has 24 heavy (non-hydrogen) atoms. The van der Waals surface area contributed by atoms with Crippen molar-refractivity contribution in [1.82, 2.24) is 4.31 Å². The largest absolute Gasteiger partial charge is 0.478 e. The highest BCUT2D eigenvalue weighted by molar-refractivity contribution is 7.88. The van der Waals surface area contributed by atoms with Crippen LogP contribution in [0.5, 0.6) is 0 Å². The van der Waals surface area contributed by atoms with Crippen LogP contribution in [-0.2, 0) is 24.4 Å². The van der Waals surface area contributed by atoms with Crippen LogP contribution in [0.15, 0.2) is 48.2 Å². The Morgan fingerprint density at radius 2 is 1.79 bits per heavy atom. The van der Waals surface area contributed by atoms with E-state index in [1.165, 1.54) is 6.20 Å². The average molecular weight is 347 g/mol. The quantitative estimate of drug-likeness (QED) is 0.628. The molecule has 1 aliphatic carbocycles. The zero-order valence-electron chi connectivity index (χ0n) is 12.5. The number of carboxylic acids is 1. The highest BCUT2D eigenvalue weighted by Gasteiger charge is 2.49. The Balaban J connectivity index is 2.20. The Morgan fingerprint density at radius 1 is 1.17 bits per heavy atom. The molecule has 1 N–H and O–H groups in total. The van der Waals surface area contributed by atoms with Crippen molar-refractivity contribution in [1.29, 1.82) is 0 Å². The molecule has 3 rings (SSSR count). The van der Waals surface area contributed by atoms with Crippen molar-refractivity contribution in [2.75, 3.05) is 6.26 Å². The predicted molar refractivity (Wildman–Crippen MR) is 84.1 cm³/mol. The van der Waals surface area contributed by atoms with Crippen LogP contribution in [0.4, 0.5) is 0 Å². The van der Waals surface area contributed by atoms with E-state index in [2.05, 4.69) is 0 Å².